The Labute approximate surface area is 107 Å². The third-order valence-electron chi connectivity index (χ3n) is 2.33. The van der Waals surface area contributed by atoms with E-state index in [9.17, 15) is 18.4 Å². The molecule has 0 aliphatic heterocycles. The molecule has 1 aromatic carbocycles. The highest BCUT2D eigenvalue weighted by Gasteiger charge is 2.14. The predicted octanol–water partition coefficient (Wildman–Crippen LogP) is 2.33. The zero-order chi connectivity index (χ0) is 13.8. The standard InChI is InChI=1S/C13H9F2NO3/c14-9-4-8(5-10(15)6-9)13(18)19-7-12(17)11-2-1-3-16-11/h1-6,16H,7H2. The number of hydrogen-bond donors (Lipinski definition) is 1. The Balaban J connectivity index is 2.00. The third kappa shape index (κ3) is 3.25. The number of ketones is 1. The first-order chi connectivity index (χ1) is 9.06. The molecule has 0 aliphatic rings. The van der Waals surface area contributed by atoms with Gasteiger partial charge in [0.15, 0.2) is 6.61 Å². The molecule has 2 aromatic rings. The topological polar surface area (TPSA) is 59.2 Å². The van der Waals surface area contributed by atoms with Crippen LogP contribution in [0.15, 0.2) is 36.5 Å². The molecule has 0 spiro atoms. The summed E-state index contributed by atoms with van der Waals surface area (Å²) in [6.07, 6.45) is 1.55. The molecule has 0 saturated heterocycles. The Kier molecular flexibility index (Phi) is 3.70. The van der Waals surface area contributed by atoms with Gasteiger partial charge in [0.2, 0.25) is 5.78 Å². The van der Waals surface area contributed by atoms with Gasteiger partial charge in [-0.15, -0.1) is 0 Å². The van der Waals surface area contributed by atoms with Gasteiger partial charge in [0, 0.05) is 12.3 Å². The van der Waals surface area contributed by atoms with Crippen LogP contribution in [0.1, 0.15) is 20.8 Å². The van der Waals surface area contributed by atoms with Crippen LogP contribution in [-0.4, -0.2) is 23.3 Å². The van der Waals surface area contributed by atoms with Crippen molar-refractivity contribution in [2.75, 3.05) is 6.61 Å². The number of carbonyl (C=O) groups is 2. The van der Waals surface area contributed by atoms with Crippen LogP contribution in [0.3, 0.4) is 0 Å². The van der Waals surface area contributed by atoms with Crippen LogP contribution >= 0.6 is 0 Å². The molecule has 6 heteroatoms. The van der Waals surface area contributed by atoms with Crippen LogP contribution < -0.4 is 0 Å². The molecule has 0 saturated carbocycles. The van der Waals surface area contributed by atoms with Gasteiger partial charge in [0.05, 0.1) is 11.3 Å². The molecule has 0 fully saturated rings. The molecule has 0 unspecified atom stereocenters. The number of hydrogen-bond acceptors (Lipinski definition) is 3. The quantitative estimate of drug-likeness (QED) is 0.681. The van der Waals surface area contributed by atoms with Gasteiger partial charge in [-0.3, -0.25) is 4.79 Å². The molecule has 98 valence electrons. The molecular formula is C13H9F2NO3. The molecule has 0 radical (unpaired) electrons. The fraction of sp³-hybridized carbons (Fsp3) is 0.0769. The summed E-state index contributed by atoms with van der Waals surface area (Å²) in [5, 5.41) is 0. The smallest absolute Gasteiger partial charge is 0.338 e. The van der Waals surface area contributed by atoms with E-state index in [1.807, 2.05) is 0 Å². The Bertz CT molecular complexity index is 588. The lowest BCUT2D eigenvalue weighted by molar-refractivity contribution is 0.0472. The molecule has 0 amide bonds. The zero-order valence-electron chi connectivity index (χ0n) is 9.65. The summed E-state index contributed by atoms with van der Waals surface area (Å²) in [5.74, 6) is -3.17. The summed E-state index contributed by atoms with van der Waals surface area (Å²) < 4.78 is 30.5. The van der Waals surface area contributed by atoms with Crippen LogP contribution in [0.2, 0.25) is 0 Å². The maximum Gasteiger partial charge on any atom is 0.338 e. The van der Waals surface area contributed by atoms with E-state index >= 15 is 0 Å². The van der Waals surface area contributed by atoms with Gasteiger partial charge in [-0.05, 0) is 24.3 Å². The molecule has 4 nitrogen and oxygen atoms in total. The number of nitrogens with one attached hydrogen (secondary N) is 1. The molecule has 1 aromatic heterocycles. The second kappa shape index (κ2) is 5.43. The Hall–Kier alpha value is -2.50. The highest BCUT2D eigenvalue weighted by Crippen LogP contribution is 2.09. The van der Waals surface area contributed by atoms with Crippen molar-refractivity contribution in [2.45, 2.75) is 0 Å². The van der Waals surface area contributed by atoms with Gasteiger partial charge in [-0.25, -0.2) is 13.6 Å². The van der Waals surface area contributed by atoms with Gasteiger partial charge in [-0.1, -0.05) is 0 Å². The van der Waals surface area contributed by atoms with E-state index in [1.165, 1.54) is 6.07 Å². The lowest BCUT2D eigenvalue weighted by atomic mass is 10.2. The van der Waals surface area contributed by atoms with Gasteiger partial charge in [-0.2, -0.15) is 0 Å². The molecule has 1 heterocycles. The first-order valence-electron chi connectivity index (χ1n) is 5.36. The summed E-state index contributed by atoms with van der Waals surface area (Å²) in [6, 6.07) is 5.46. The second-order valence-corrected chi connectivity index (χ2v) is 3.74. The number of halogens is 2. The number of H-pyrrole nitrogens is 1. The average Bonchev–Trinajstić information content (AvgIpc) is 2.88. The Morgan fingerprint density at radius 1 is 1.16 bits per heavy atom. The first-order valence-corrected chi connectivity index (χ1v) is 5.36. The number of benzene rings is 1. The molecule has 0 bridgehead atoms. The number of ether oxygens (including phenoxy) is 1. The fourth-order valence-corrected chi connectivity index (χ4v) is 1.47. The minimum absolute atomic E-state index is 0.281. The van der Waals surface area contributed by atoms with Crippen LogP contribution in [0.4, 0.5) is 8.78 Å². The van der Waals surface area contributed by atoms with E-state index in [0.717, 1.165) is 12.1 Å². The van der Waals surface area contributed by atoms with Crippen LogP contribution in [-0.2, 0) is 4.74 Å². The van der Waals surface area contributed by atoms with E-state index in [1.54, 1.807) is 12.3 Å². The number of carbonyl (C=O) groups excluding carboxylic acids is 2. The molecule has 2 rings (SSSR count). The zero-order valence-corrected chi connectivity index (χ0v) is 9.65. The lowest BCUT2D eigenvalue weighted by Crippen LogP contribution is -2.14. The summed E-state index contributed by atoms with van der Waals surface area (Å²) in [4.78, 5) is 25.7. The SMILES string of the molecule is O=C(OCC(=O)c1ccc[nH]1)c1cc(F)cc(F)c1. The van der Waals surface area contributed by atoms with Gasteiger partial charge >= 0.3 is 5.97 Å². The van der Waals surface area contributed by atoms with Crippen LogP contribution in [0, 0.1) is 11.6 Å². The summed E-state index contributed by atoms with van der Waals surface area (Å²) >= 11 is 0. The highest BCUT2D eigenvalue weighted by atomic mass is 19.1. The monoisotopic (exact) mass is 265 g/mol. The van der Waals surface area contributed by atoms with E-state index in [-0.39, 0.29) is 5.56 Å². The van der Waals surface area contributed by atoms with Crippen molar-refractivity contribution < 1.29 is 23.1 Å². The fourth-order valence-electron chi connectivity index (χ4n) is 1.47. The number of aromatic nitrogens is 1. The van der Waals surface area contributed by atoms with E-state index in [4.69, 9.17) is 0 Å². The van der Waals surface area contributed by atoms with Gasteiger partial charge < -0.3 is 9.72 Å². The number of rotatable bonds is 4. The molecular weight excluding hydrogens is 256 g/mol. The summed E-state index contributed by atoms with van der Waals surface area (Å²) in [7, 11) is 0. The van der Waals surface area contributed by atoms with E-state index < -0.39 is 30.0 Å². The van der Waals surface area contributed by atoms with Crippen molar-refractivity contribution in [1.29, 1.82) is 0 Å². The molecule has 1 N–H and O–H groups in total. The number of esters is 1. The van der Waals surface area contributed by atoms with Gasteiger partial charge in [0.1, 0.15) is 11.6 Å². The van der Waals surface area contributed by atoms with Crippen molar-refractivity contribution >= 4 is 11.8 Å². The lowest BCUT2D eigenvalue weighted by Gasteiger charge is -2.04. The van der Waals surface area contributed by atoms with Crippen molar-refractivity contribution in [3.05, 3.63) is 59.4 Å². The van der Waals surface area contributed by atoms with Gasteiger partial charge in [0.25, 0.3) is 0 Å². The second-order valence-electron chi connectivity index (χ2n) is 3.74. The summed E-state index contributed by atoms with van der Waals surface area (Å²) in [6.45, 7) is -0.503. The van der Waals surface area contributed by atoms with E-state index in [2.05, 4.69) is 9.72 Å². The molecule has 0 atom stereocenters. The maximum absolute atomic E-state index is 12.9. The Morgan fingerprint density at radius 3 is 2.42 bits per heavy atom. The minimum Gasteiger partial charge on any atom is -0.454 e. The highest BCUT2D eigenvalue weighted by molar-refractivity contribution is 5.98. The molecule has 19 heavy (non-hydrogen) atoms. The maximum atomic E-state index is 12.9. The van der Waals surface area contributed by atoms with Crippen molar-refractivity contribution in [3.63, 3.8) is 0 Å². The van der Waals surface area contributed by atoms with Crippen molar-refractivity contribution in [1.82, 2.24) is 4.98 Å². The normalized spacial score (nSPS) is 10.2. The number of Topliss-reactive ketones (excluding diaryl/α,β-unsaturated/α-hetero) is 1. The van der Waals surface area contributed by atoms with Crippen molar-refractivity contribution in [3.8, 4) is 0 Å². The third-order valence-corrected chi connectivity index (χ3v) is 2.33. The van der Waals surface area contributed by atoms with Crippen molar-refractivity contribution in [2.24, 2.45) is 0 Å². The molecule has 0 aliphatic carbocycles. The van der Waals surface area contributed by atoms with Crippen LogP contribution in [0.5, 0.6) is 0 Å². The average molecular weight is 265 g/mol. The van der Waals surface area contributed by atoms with E-state index in [0.29, 0.717) is 11.8 Å². The number of aromatic amines is 1. The largest absolute Gasteiger partial charge is 0.454 e. The minimum atomic E-state index is -0.960. The predicted molar refractivity (Wildman–Crippen MR) is 61.8 cm³/mol. The first kappa shape index (κ1) is 12.9. The summed E-state index contributed by atoms with van der Waals surface area (Å²) in [5.41, 5.74) is 0.00927. The van der Waals surface area contributed by atoms with Crippen LogP contribution in [0.25, 0.3) is 0 Å². The Morgan fingerprint density at radius 2 is 1.84 bits per heavy atom.